The third-order valence-corrected chi connectivity index (χ3v) is 7.10. The third-order valence-electron chi connectivity index (χ3n) is 4.60. The van der Waals surface area contributed by atoms with Crippen LogP contribution in [0.25, 0.3) is 0 Å². The molecule has 1 aliphatic rings. The topological polar surface area (TPSA) is 113 Å². The van der Waals surface area contributed by atoms with Crippen molar-refractivity contribution in [1.82, 2.24) is 4.31 Å². The maximum atomic E-state index is 12.5. The van der Waals surface area contributed by atoms with Crippen LogP contribution < -0.4 is 10.0 Å². The van der Waals surface area contributed by atoms with E-state index in [1.165, 1.54) is 28.6 Å². The summed E-state index contributed by atoms with van der Waals surface area (Å²) in [5.74, 6) is -0.380. The van der Waals surface area contributed by atoms with E-state index in [0.717, 1.165) is 19.1 Å². The summed E-state index contributed by atoms with van der Waals surface area (Å²) in [5, 5.41) is 2.72. The highest BCUT2D eigenvalue weighted by Gasteiger charge is 2.26. The summed E-state index contributed by atoms with van der Waals surface area (Å²) in [7, 11) is -6.90. The van der Waals surface area contributed by atoms with Gasteiger partial charge in [0.15, 0.2) is 0 Å². The van der Waals surface area contributed by atoms with Crippen molar-refractivity contribution in [3.63, 3.8) is 0 Å². The van der Waals surface area contributed by atoms with Gasteiger partial charge < -0.3 is 5.32 Å². The molecule has 10 heteroatoms. The molecular formula is C19H23N3O5S2. The van der Waals surface area contributed by atoms with Crippen LogP contribution in [0.15, 0.2) is 47.4 Å². The molecule has 0 atom stereocenters. The number of benzene rings is 2. The lowest BCUT2D eigenvalue weighted by Gasteiger charge is -2.15. The molecule has 0 radical (unpaired) electrons. The van der Waals surface area contributed by atoms with Crippen molar-refractivity contribution in [3.05, 3.63) is 53.6 Å². The zero-order chi connectivity index (χ0) is 21.2. The zero-order valence-corrected chi connectivity index (χ0v) is 17.8. The molecule has 0 spiro atoms. The average Bonchev–Trinajstić information content (AvgIpc) is 3.18. The molecule has 1 saturated heterocycles. The van der Waals surface area contributed by atoms with E-state index in [4.69, 9.17) is 0 Å². The SMILES string of the molecule is Cc1cc(C(=O)Nc2ccc(S(=O)(=O)N3CCCC3)cc2)ccc1NS(C)(=O)=O. The highest BCUT2D eigenvalue weighted by atomic mass is 32.2. The number of nitrogens with one attached hydrogen (secondary N) is 2. The second kappa shape index (κ2) is 8.13. The molecule has 2 N–H and O–H groups in total. The first-order valence-corrected chi connectivity index (χ1v) is 12.4. The van der Waals surface area contributed by atoms with Gasteiger partial charge in [-0.15, -0.1) is 0 Å². The van der Waals surface area contributed by atoms with Crippen LogP contribution in [0.4, 0.5) is 11.4 Å². The molecule has 0 saturated carbocycles. The summed E-state index contributed by atoms with van der Waals surface area (Å²) >= 11 is 0. The maximum absolute atomic E-state index is 12.5. The Balaban J connectivity index is 1.72. The quantitative estimate of drug-likeness (QED) is 0.721. The van der Waals surface area contributed by atoms with Crippen molar-refractivity contribution >= 4 is 37.3 Å². The molecule has 2 aromatic carbocycles. The van der Waals surface area contributed by atoms with E-state index >= 15 is 0 Å². The normalized spacial score (nSPS) is 15.2. The number of carbonyl (C=O) groups is 1. The van der Waals surface area contributed by atoms with Gasteiger partial charge in [0, 0.05) is 24.3 Å². The Hall–Kier alpha value is -2.43. The van der Waals surface area contributed by atoms with Crippen molar-refractivity contribution in [3.8, 4) is 0 Å². The molecule has 156 valence electrons. The smallest absolute Gasteiger partial charge is 0.255 e. The Morgan fingerprint density at radius 1 is 0.966 bits per heavy atom. The summed E-state index contributed by atoms with van der Waals surface area (Å²) in [6.07, 6.45) is 2.79. The maximum Gasteiger partial charge on any atom is 0.255 e. The molecule has 0 aromatic heterocycles. The minimum absolute atomic E-state index is 0.199. The second-order valence-electron chi connectivity index (χ2n) is 6.99. The van der Waals surface area contributed by atoms with Crippen LogP contribution in [0.5, 0.6) is 0 Å². The minimum Gasteiger partial charge on any atom is -0.322 e. The third kappa shape index (κ3) is 5.14. The summed E-state index contributed by atoms with van der Waals surface area (Å²) in [4.78, 5) is 12.7. The molecule has 2 aromatic rings. The van der Waals surface area contributed by atoms with Gasteiger partial charge in [-0.25, -0.2) is 16.8 Å². The van der Waals surface area contributed by atoms with Gasteiger partial charge in [0.25, 0.3) is 5.91 Å². The number of amides is 1. The van der Waals surface area contributed by atoms with Gasteiger partial charge in [0.05, 0.1) is 16.8 Å². The van der Waals surface area contributed by atoms with Gasteiger partial charge in [-0.2, -0.15) is 4.31 Å². The monoisotopic (exact) mass is 437 g/mol. The van der Waals surface area contributed by atoms with E-state index in [1.54, 1.807) is 25.1 Å². The van der Waals surface area contributed by atoms with Crippen molar-refractivity contribution in [2.45, 2.75) is 24.7 Å². The van der Waals surface area contributed by atoms with Crippen LogP contribution >= 0.6 is 0 Å². The van der Waals surface area contributed by atoms with Crippen molar-refractivity contribution < 1.29 is 21.6 Å². The number of rotatable bonds is 6. The first-order chi connectivity index (χ1) is 13.6. The molecule has 3 rings (SSSR count). The Kier molecular flexibility index (Phi) is 5.97. The van der Waals surface area contributed by atoms with Crippen LogP contribution in [0.3, 0.4) is 0 Å². The predicted octanol–water partition coefficient (Wildman–Crippen LogP) is 2.40. The molecule has 0 unspecified atom stereocenters. The number of aryl methyl sites for hydroxylation is 1. The van der Waals surface area contributed by atoms with Gasteiger partial charge in [-0.3, -0.25) is 9.52 Å². The Morgan fingerprint density at radius 2 is 1.59 bits per heavy atom. The van der Waals surface area contributed by atoms with Crippen LogP contribution in [-0.4, -0.2) is 46.4 Å². The average molecular weight is 438 g/mol. The predicted molar refractivity (Wildman–Crippen MR) is 112 cm³/mol. The van der Waals surface area contributed by atoms with E-state index in [1.807, 2.05) is 0 Å². The number of sulfonamides is 2. The van der Waals surface area contributed by atoms with Crippen molar-refractivity contribution in [2.75, 3.05) is 29.4 Å². The Labute approximate surface area is 171 Å². The molecule has 0 aliphatic carbocycles. The van der Waals surface area contributed by atoms with E-state index in [0.29, 0.717) is 35.6 Å². The van der Waals surface area contributed by atoms with Gasteiger partial charge in [0.2, 0.25) is 20.0 Å². The number of nitrogens with zero attached hydrogens (tertiary/aromatic N) is 1. The number of hydrogen-bond acceptors (Lipinski definition) is 5. The summed E-state index contributed by atoms with van der Waals surface area (Å²) < 4.78 is 51.7. The fourth-order valence-electron chi connectivity index (χ4n) is 3.11. The highest BCUT2D eigenvalue weighted by Crippen LogP contribution is 2.23. The molecule has 1 heterocycles. The second-order valence-corrected chi connectivity index (χ2v) is 10.7. The van der Waals surface area contributed by atoms with Gasteiger partial charge in [0.1, 0.15) is 0 Å². The molecule has 1 fully saturated rings. The standard InChI is InChI=1S/C19H23N3O5S2/c1-14-13-15(5-10-18(14)21-28(2,24)25)19(23)20-16-6-8-17(9-7-16)29(26,27)22-11-3-4-12-22/h5-10,13,21H,3-4,11-12H2,1-2H3,(H,20,23). The van der Waals surface area contributed by atoms with Crippen molar-refractivity contribution in [2.24, 2.45) is 0 Å². The van der Waals surface area contributed by atoms with Gasteiger partial charge in [-0.05, 0) is 67.8 Å². The number of carbonyl (C=O) groups excluding carboxylic acids is 1. The van der Waals surface area contributed by atoms with E-state index in [9.17, 15) is 21.6 Å². The zero-order valence-electron chi connectivity index (χ0n) is 16.2. The molecule has 0 bridgehead atoms. The van der Waals surface area contributed by atoms with E-state index in [2.05, 4.69) is 10.0 Å². The van der Waals surface area contributed by atoms with Crippen LogP contribution in [0.2, 0.25) is 0 Å². The highest BCUT2D eigenvalue weighted by molar-refractivity contribution is 7.92. The Bertz CT molecular complexity index is 1120. The van der Waals surface area contributed by atoms with Gasteiger partial charge >= 0.3 is 0 Å². The van der Waals surface area contributed by atoms with Crippen LogP contribution in [-0.2, 0) is 20.0 Å². The Morgan fingerprint density at radius 3 is 2.14 bits per heavy atom. The lowest BCUT2D eigenvalue weighted by atomic mass is 10.1. The van der Waals surface area contributed by atoms with Crippen molar-refractivity contribution in [1.29, 1.82) is 0 Å². The molecular weight excluding hydrogens is 414 g/mol. The van der Waals surface area contributed by atoms with Crippen LogP contribution in [0, 0.1) is 6.92 Å². The summed E-state index contributed by atoms with van der Waals surface area (Å²) in [5.41, 5.74) is 1.83. The van der Waals surface area contributed by atoms with Gasteiger partial charge in [-0.1, -0.05) is 0 Å². The molecule has 29 heavy (non-hydrogen) atoms. The molecule has 1 amide bonds. The summed E-state index contributed by atoms with van der Waals surface area (Å²) in [6.45, 7) is 2.76. The van der Waals surface area contributed by atoms with E-state index < -0.39 is 20.0 Å². The number of anilines is 2. The lowest BCUT2D eigenvalue weighted by Crippen LogP contribution is -2.27. The fraction of sp³-hybridized carbons (Fsp3) is 0.316. The molecule has 8 nitrogen and oxygen atoms in total. The lowest BCUT2D eigenvalue weighted by molar-refractivity contribution is 0.102. The van der Waals surface area contributed by atoms with Crippen LogP contribution in [0.1, 0.15) is 28.8 Å². The minimum atomic E-state index is -3.50. The van der Waals surface area contributed by atoms with E-state index in [-0.39, 0.29) is 10.8 Å². The first kappa shape index (κ1) is 21.3. The molecule has 1 aliphatic heterocycles. The number of hydrogen-bond donors (Lipinski definition) is 2. The fourth-order valence-corrected chi connectivity index (χ4v) is 5.26. The largest absolute Gasteiger partial charge is 0.322 e. The first-order valence-electron chi connectivity index (χ1n) is 9.06. The summed E-state index contributed by atoms with van der Waals surface area (Å²) in [6, 6.07) is 10.7.